The molecule has 0 N–H and O–H groups in total. The molecule has 0 aromatic heterocycles. The summed E-state index contributed by atoms with van der Waals surface area (Å²) in [6.07, 6.45) is -3.07. The van der Waals surface area contributed by atoms with Gasteiger partial charge in [-0.05, 0) is 134 Å². The van der Waals surface area contributed by atoms with Crippen molar-refractivity contribution in [3.05, 3.63) is 0 Å². The number of ether oxygens (including phenoxy) is 5. The summed E-state index contributed by atoms with van der Waals surface area (Å²) in [7, 11) is 0. The maximum Gasteiger partial charge on any atom is 0.404 e. The second kappa shape index (κ2) is 26.5. The highest BCUT2D eigenvalue weighted by Gasteiger charge is 2.61. The average Bonchev–Trinajstić information content (AvgIpc) is 4.12. The van der Waals surface area contributed by atoms with Gasteiger partial charge in [-0.2, -0.15) is 39.5 Å². The van der Waals surface area contributed by atoms with Crippen molar-refractivity contribution in [2.45, 2.75) is 228 Å². The summed E-state index contributed by atoms with van der Waals surface area (Å²) in [5, 5.41) is 0. The quantitative estimate of drug-likeness (QED) is 0.0502. The fourth-order valence-corrected chi connectivity index (χ4v) is 10.6. The van der Waals surface area contributed by atoms with E-state index in [1.807, 2.05) is 13.8 Å². The van der Waals surface area contributed by atoms with Gasteiger partial charge in [-0.1, -0.05) is 80.6 Å². The number of hydrogen-bond donors (Lipinski definition) is 0. The summed E-state index contributed by atoms with van der Waals surface area (Å²) in [5.74, 6) is -4.15. The standard InChI is InChI=1S/C19H29F3O4.C18H27F3O4.C16H27F3O2/c1-4-6-7-8-25-16(23)14-10-12-9-13(14)15(11-12)26-17(24)18(3,5-2)19(20,21)22;1-5-17(4,18(19,20)21)16(23)25-14-8-11-6-12(14)13(7-11)15(22)24-9-10(2)3;1-4-6-7-12-8-10-13(11-9-12)21-14(20)15(3,5-2)16(17,18)19/h12-15H,4-11H2,1-3H3;10-14H,5-9H2,1-4H3;12-13H,4-11H2,1-3H3. The lowest BCUT2D eigenvalue weighted by Crippen LogP contribution is -2.46. The van der Waals surface area contributed by atoms with Gasteiger partial charge in [0.2, 0.25) is 0 Å². The summed E-state index contributed by atoms with van der Waals surface area (Å²) in [6, 6.07) is 0. The van der Waals surface area contributed by atoms with Gasteiger partial charge in [-0.15, -0.1) is 0 Å². The Bertz CT molecular complexity index is 1760. The number of hydrogen-bond acceptors (Lipinski definition) is 10. The first-order chi connectivity index (χ1) is 33.4. The zero-order valence-corrected chi connectivity index (χ0v) is 44.2. The number of esters is 5. The third-order valence-electron chi connectivity index (χ3n) is 16.6. The van der Waals surface area contributed by atoms with E-state index in [2.05, 4.69) is 13.8 Å². The van der Waals surface area contributed by atoms with Gasteiger partial charge in [0.25, 0.3) is 0 Å². The first-order valence-electron chi connectivity index (χ1n) is 26.5. The SMILES string of the molecule is CCC(C)(C(=O)OC1CC2CC(C(=O)OCC(C)C)C1C2)C(F)(F)F.CCCCC1CCC(OC(=O)C(C)(CC)C(F)(F)F)CC1.CCCCCOC(=O)C1CC2CC(OC(=O)C(C)(CC)C(F)(F)F)C1C2. The Morgan fingerprint density at radius 3 is 1.24 bits per heavy atom. The number of alkyl halides is 9. The van der Waals surface area contributed by atoms with E-state index in [1.54, 1.807) is 0 Å². The lowest BCUT2D eigenvalue weighted by atomic mass is 9.83. The third-order valence-corrected chi connectivity index (χ3v) is 16.6. The van der Waals surface area contributed by atoms with Crippen molar-refractivity contribution < 1.29 is 87.2 Å². The molecule has 418 valence electrons. The normalized spacial score (nSPS) is 29.3. The molecule has 5 rings (SSSR count). The number of halogens is 9. The highest BCUT2D eigenvalue weighted by molar-refractivity contribution is 5.79. The van der Waals surface area contributed by atoms with Crippen LogP contribution in [0.5, 0.6) is 0 Å². The van der Waals surface area contributed by atoms with E-state index in [9.17, 15) is 63.5 Å². The van der Waals surface area contributed by atoms with Crippen LogP contribution in [0.4, 0.5) is 39.5 Å². The number of rotatable bonds is 20. The first kappa shape index (κ1) is 63.0. The van der Waals surface area contributed by atoms with Crippen LogP contribution in [0.1, 0.15) is 191 Å². The van der Waals surface area contributed by atoms with E-state index in [4.69, 9.17) is 23.7 Å². The second-order valence-corrected chi connectivity index (χ2v) is 22.2. The molecule has 5 saturated carbocycles. The van der Waals surface area contributed by atoms with Crippen LogP contribution >= 0.6 is 0 Å². The average molecular weight is 1050 g/mol. The number of carbonyl (C=O) groups is 5. The molecule has 4 bridgehead atoms. The largest absolute Gasteiger partial charge is 0.465 e. The van der Waals surface area contributed by atoms with Gasteiger partial charge in [0.15, 0.2) is 16.2 Å². The van der Waals surface area contributed by atoms with Crippen LogP contribution in [0.2, 0.25) is 0 Å². The summed E-state index contributed by atoms with van der Waals surface area (Å²) in [6.45, 7) is 15.5. The van der Waals surface area contributed by atoms with E-state index in [0.717, 1.165) is 59.3 Å². The van der Waals surface area contributed by atoms with Gasteiger partial charge in [0.05, 0.1) is 25.0 Å². The zero-order valence-electron chi connectivity index (χ0n) is 44.2. The van der Waals surface area contributed by atoms with Gasteiger partial charge in [0.1, 0.15) is 18.3 Å². The van der Waals surface area contributed by atoms with E-state index in [0.29, 0.717) is 70.5 Å². The number of unbranched alkanes of at least 4 members (excludes halogenated alkanes) is 3. The van der Waals surface area contributed by atoms with Crippen LogP contribution in [0.3, 0.4) is 0 Å². The van der Waals surface area contributed by atoms with Crippen LogP contribution in [0.15, 0.2) is 0 Å². The predicted molar refractivity (Wildman–Crippen MR) is 249 cm³/mol. The van der Waals surface area contributed by atoms with Gasteiger partial charge in [-0.3, -0.25) is 24.0 Å². The molecule has 0 heterocycles. The topological polar surface area (TPSA) is 132 Å². The molecule has 72 heavy (non-hydrogen) atoms. The summed E-state index contributed by atoms with van der Waals surface area (Å²) >= 11 is 0. The molecule has 0 aromatic carbocycles. The molecule has 0 spiro atoms. The van der Waals surface area contributed by atoms with Crippen molar-refractivity contribution in [2.75, 3.05) is 13.2 Å². The van der Waals surface area contributed by atoms with Crippen LogP contribution in [-0.4, -0.2) is 79.9 Å². The highest BCUT2D eigenvalue weighted by atomic mass is 19.4. The number of fused-ring (bicyclic) bond motifs is 4. The van der Waals surface area contributed by atoms with Crippen molar-refractivity contribution in [3.8, 4) is 0 Å². The van der Waals surface area contributed by atoms with Crippen molar-refractivity contribution in [1.29, 1.82) is 0 Å². The molecular weight excluding hydrogens is 968 g/mol. The van der Waals surface area contributed by atoms with E-state index < -0.39 is 64.9 Å². The van der Waals surface area contributed by atoms with Crippen LogP contribution in [-0.2, 0) is 47.7 Å². The Labute approximate surface area is 421 Å². The van der Waals surface area contributed by atoms with Crippen molar-refractivity contribution >= 4 is 29.8 Å². The minimum Gasteiger partial charge on any atom is -0.465 e. The first-order valence-corrected chi connectivity index (χ1v) is 26.5. The zero-order chi connectivity index (χ0) is 54.6. The van der Waals surface area contributed by atoms with Gasteiger partial charge in [0, 0.05) is 11.8 Å². The van der Waals surface area contributed by atoms with Crippen molar-refractivity contribution in [1.82, 2.24) is 0 Å². The Kier molecular flexibility index (Phi) is 23.2. The fourth-order valence-electron chi connectivity index (χ4n) is 10.6. The summed E-state index contributed by atoms with van der Waals surface area (Å²) in [4.78, 5) is 60.9. The molecule has 0 radical (unpaired) electrons. The summed E-state index contributed by atoms with van der Waals surface area (Å²) in [5.41, 5.74) is -7.40. The Morgan fingerprint density at radius 1 is 0.500 bits per heavy atom. The minimum atomic E-state index is -4.66. The van der Waals surface area contributed by atoms with Crippen LogP contribution < -0.4 is 0 Å². The van der Waals surface area contributed by atoms with Crippen molar-refractivity contribution in [2.24, 2.45) is 63.6 Å². The Hall–Kier alpha value is -3.28. The van der Waals surface area contributed by atoms with Crippen LogP contribution in [0.25, 0.3) is 0 Å². The predicted octanol–water partition coefficient (Wildman–Crippen LogP) is 14.0. The number of carbonyl (C=O) groups excluding carboxylic acids is 5. The maximum absolute atomic E-state index is 13.2. The van der Waals surface area contributed by atoms with E-state index >= 15 is 0 Å². The lowest BCUT2D eigenvalue weighted by molar-refractivity contribution is -0.236. The third kappa shape index (κ3) is 15.6. The Morgan fingerprint density at radius 2 is 0.889 bits per heavy atom. The van der Waals surface area contributed by atoms with E-state index in [1.165, 1.54) is 33.6 Å². The molecule has 0 amide bonds. The minimum absolute atomic E-state index is 0.207. The maximum atomic E-state index is 13.2. The van der Waals surface area contributed by atoms with Gasteiger partial charge >= 0.3 is 48.4 Å². The fraction of sp³-hybridized carbons (Fsp3) is 0.906. The highest BCUT2D eigenvalue weighted by Crippen LogP contribution is 2.53. The molecule has 0 saturated heterocycles. The molecule has 5 fully saturated rings. The molecule has 5 aliphatic rings. The molecule has 0 aromatic rings. The smallest absolute Gasteiger partial charge is 0.404 e. The molecule has 0 aliphatic heterocycles. The monoisotopic (exact) mass is 1050 g/mol. The van der Waals surface area contributed by atoms with Gasteiger partial charge < -0.3 is 23.7 Å². The van der Waals surface area contributed by atoms with Gasteiger partial charge in [-0.25, -0.2) is 0 Å². The lowest BCUT2D eigenvalue weighted by Gasteiger charge is -2.33. The Balaban J connectivity index is 0.000000287. The molecule has 11 atom stereocenters. The molecule has 10 nitrogen and oxygen atoms in total. The molecule has 19 heteroatoms. The van der Waals surface area contributed by atoms with Crippen molar-refractivity contribution in [3.63, 3.8) is 0 Å². The second-order valence-electron chi connectivity index (χ2n) is 22.2. The molecule has 5 aliphatic carbocycles. The molecule has 11 unspecified atom stereocenters. The summed E-state index contributed by atoms with van der Waals surface area (Å²) < 4.78 is 145. The molecular formula is C53H83F9O10. The van der Waals surface area contributed by atoms with E-state index in [-0.39, 0.29) is 78.7 Å². The van der Waals surface area contributed by atoms with Crippen LogP contribution in [0, 0.1) is 63.6 Å².